The molecule has 0 aliphatic carbocycles. The maximum Gasteiger partial charge on any atom is 2.00 e. The first-order chi connectivity index (χ1) is 24.3. The fourth-order valence-electron chi connectivity index (χ4n) is 4.65. The van der Waals surface area contributed by atoms with Crippen LogP contribution >= 0.6 is 0 Å². The molecular formula is C33H24MnN4O14. The zero-order chi connectivity index (χ0) is 36.8. The van der Waals surface area contributed by atoms with Crippen molar-refractivity contribution in [2.75, 3.05) is 20.4 Å². The van der Waals surface area contributed by atoms with Crippen LogP contribution in [0.1, 0.15) is 85.0 Å². The molecule has 267 valence electrons. The fourth-order valence-corrected chi connectivity index (χ4v) is 4.65. The topological polar surface area (TPSA) is 249 Å². The van der Waals surface area contributed by atoms with Crippen LogP contribution in [0.3, 0.4) is 0 Å². The SMILES string of the molecule is CC(=O)OCOC(=O)c1c2nc(c(C(=O)OCOC(C)=O)c3ccc([n-]3)c(C(=O)OCOC(C)=O)c3nc(c(C(=O)O)c4ccc1[n-]4)C=C3)C=C2.[Mn+2]. The first-order valence-corrected chi connectivity index (χ1v) is 14.5. The Bertz CT molecular complexity index is 2200. The molecule has 0 aromatic carbocycles. The maximum atomic E-state index is 13.5. The van der Waals surface area contributed by atoms with Gasteiger partial charge in [0.15, 0.2) is 0 Å². The van der Waals surface area contributed by atoms with Gasteiger partial charge in [-0.05, 0) is 24.3 Å². The van der Waals surface area contributed by atoms with Gasteiger partial charge in [-0.3, -0.25) is 14.4 Å². The molecule has 19 heteroatoms. The Morgan fingerprint density at radius 3 is 1.04 bits per heavy atom. The molecule has 0 unspecified atom stereocenters. The van der Waals surface area contributed by atoms with Crippen LogP contribution in [0.25, 0.3) is 46.4 Å². The van der Waals surface area contributed by atoms with Gasteiger partial charge < -0.3 is 43.5 Å². The summed E-state index contributed by atoms with van der Waals surface area (Å²) in [5, 5.41) is 10.2. The van der Waals surface area contributed by atoms with E-state index in [9.17, 15) is 38.7 Å². The molecule has 5 heterocycles. The molecule has 2 aliphatic rings. The number of hydrogen-bond acceptors (Lipinski definition) is 15. The van der Waals surface area contributed by atoms with Gasteiger partial charge in [-0.1, -0.05) is 24.3 Å². The third kappa shape index (κ3) is 8.58. The minimum Gasteiger partial charge on any atom is -0.656 e. The number of esters is 6. The van der Waals surface area contributed by atoms with E-state index in [4.69, 9.17) is 28.4 Å². The van der Waals surface area contributed by atoms with E-state index in [1.807, 2.05) is 0 Å². The van der Waals surface area contributed by atoms with Gasteiger partial charge in [0.25, 0.3) is 0 Å². The molecule has 3 aromatic heterocycles. The number of fused-ring (bicyclic) bond motifs is 8. The van der Waals surface area contributed by atoms with E-state index in [1.165, 1.54) is 48.6 Å². The van der Waals surface area contributed by atoms with Crippen molar-refractivity contribution in [2.24, 2.45) is 0 Å². The van der Waals surface area contributed by atoms with Crippen LogP contribution in [0, 0.1) is 0 Å². The second-order valence-electron chi connectivity index (χ2n) is 10.2. The summed E-state index contributed by atoms with van der Waals surface area (Å²) >= 11 is 0. The number of carboxylic acids is 1. The van der Waals surface area contributed by atoms with E-state index < -0.39 is 67.7 Å². The largest absolute Gasteiger partial charge is 2.00 e. The summed E-state index contributed by atoms with van der Waals surface area (Å²) in [5.74, 6) is -6.89. The van der Waals surface area contributed by atoms with Crippen LogP contribution in [-0.2, 0) is 59.9 Å². The number of carbonyl (C=O) groups excluding carboxylic acids is 6. The summed E-state index contributed by atoms with van der Waals surface area (Å²) in [5.41, 5.74) is -2.32. The van der Waals surface area contributed by atoms with Crippen LogP contribution in [0.4, 0.5) is 0 Å². The number of aromatic carboxylic acids is 1. The Morgan fingerprint density at radius 2 is 0.769 bits per heavy atom. The maximum absolute atomic E-state index is 13.5. The molecule has 5 rings (SSSR count). The first-order valence-electron chi connectivity index (χ1n) is 14.5. The predicted octanol–water partition coefficient (Wildman–Crippen LogP) is 2.64. The van der Waals surface area contributed by atoms with Crippen LogP contribution < -0.4 is 9.97 Å². The van der Waals surface area contributed by atoms with E-state index in [0.717, 1.165) is 20.8 Å². The van der Waals surface area contributed by atoms with Crippen molar-refractivity contribution in [3.63, 3.8) is 0 Å². The van der Waals surface area contributed by atoms with Crippen LogP contribution in [0.15, 0.2) is 24.3 Å². The summed E-state index contributed by atoms with van der Waals surface area (Å²) in [4.78, 5) is 104. The van der Waals surface area contributed by atoms with Gasteiger partial charge in [0, 0.05) is 20.8 Å². The Labute approximate surface area is 302 Å². The summed E-state index contributed by atoms with van der Waals surface area (Å²) < 4.78 is 29.5. The molecule has 3 aromatic rings. The summed E-state index contributed by atoms with van der Waals surface area (Å²) in [6, 6.07) is 5.25. The second-order valence-corrected chi connectivity index (χ2v) is 10.2. The zero-order valence-corrected chi connectivity index (χ0v) is 28.3. The smallest absolute Gasteiger partial charge is 0.656 e. The van der Waals surface area contributed by atoms with Crippen molar-refractivity contribution in [1.29, 1.82) is 0 Å². The molecule has 0 saturated carbocycles. The van der Waals surface area contributed by atoms with E-state index in [1.54, 1.807) is 0 Å². The van der Waals surface area contributed by atoms with Crippen molar-refractivity contribution in [1.82, 2.24) is 19.9 Å². The molecule has 52 heavy (non-hydrogen) atoms. The molecule has 0 fully saturated rings. The van der Waals surface area contributed by atoms with Gasteiger partial charge in [0.1, 0.15) is 0 Å². The summed E-state index contributed by atoms with van der Waals surface area (Å²) in [7, 11) is 0. The van der Waals surface area contributed by atoms with Crippen molar-refractivity contribution in [3.8, 4) is 0 Å². The Kier molecular flexibility index (Phi) is 12.1. The van der Waals surface area contributed by atoms with Crippen LogP contribution in [-0.4, -0.2) is 77.2 Å². The number of aromatic nitrogens is 4. The molecule has 1 radical (unpaired) electrons. The molecule has 2 aliphatic heterocycles. The van der Waals surface area contributed by atoms with E-state index in [2.05, 4.69) is 19.9 Å². The molecule has 0 saturated heterocycles. The number of nitrogens with zero attached hydrogens (tertiary/aromatic N) is 4. The Hall–Kier alpha value is -6.59. The summed E-state index contributed by atoms with van der Waals surface area (Å²) in [6.45, 7) is 0.984. The third-order valence-corrected chi connectivity index (χ3v) is 6.79. The molecule has 8 bridgehead atoms. The molecule has 1 N–H and O–H groups in total. The predicted molar refractivity (Wildman–Crippen MR) is 170 cm³/mol. The fraction of sp³-hybridized carbons (Fsp3) is 0.182. The second kappa shape index (κ2) is 16.4. The van der Waals surface area contributed by atoms with Crippen molar-refractivity contribution in [3.05, 3.63) is 69.3 Å². The summed E-state index contributed by atoms with van der Waals surface area (Å²) in [6.07, 6.45) is 5.25. The van der Waals surface area contributed by atoms with E-state index in [-0.39, 0.29) is 78.6 Å². The van der Waals surface area contributed by atoms with Gasteiger partial charge >= 0.3 is 58.9 Å². The molecule has 18 nitrogen and oxygen atoms in total. The van der Waals surface area contributed by atoms with Gasteiger partial charge in [0.2, 0.25) is 20.4 Å². The number of carbonyl (C=O) groups is 7. The molecular weight excluding hydrogens is 731 g/mol. The third-order valence-electron chi connectivity index (χ3n) is 6.79. The van der Waals surface area contributed by atoms with Crippen LogP contribution in [0.5, 0.6) is 0 Å². The van der Waals surface area contributed by atoms with Gasteiger partial charge in [-0.25, -0.2) is 29.1 Å². The van der Waals surface area contributed by atoms with Crippen LogP contribution in [0.2, 0.25) is 0 Å². The monoisotopic (exact) mass is 755 g/mol. The quantitative estimate of drug-likeness (QED) is 0.0931. The number of hydrogen-bond donors (Lipinski definition) is 1. The van der Waals surface area contributed by atoms with E-state index >= 15 is 0 Å². The zero-order valence-electron chi connectivity index (χ0n) is 27.2. The van der Waals surface area contributed by atoms with E-state index in [0.29, 0.717) is 0 Å². The average Bonchev–Trinajstić information content (AvgIpc) is 3.87. The molecule has 0 atom stereocenters. The van der Waals surface area contributed by atoms with Crippen molar-refractivity contribution in [2.45, 2.75) is 20.8 Å². The normalized spacial score (nSPS) is 11.1. The Balaban J connectivity index is 0.00000605. The number of ether oxygens (including phenoxy) is 6. The standard InChI is InChI=1S/C33H26N4O14.Mn/c1-15(38)46-12-49-31(43)27-20-6-4-18(34-20)26(30(41)42)19-5-7-21(35-19)28(32(44)50-13-47-16(2)39)23-9-11-25(37-23)29(24-10-8-22(27)36-24)33(45)51-14-48-17(3)40;/h4-11H,12-14H2,1-3H3,(H3,34,35,36,37,41,42,43,44,45);/q;+2/p-2. The van der Waals surface area contributed by atoms with Gasteiger partial charge in [-0.2, -0.15) is 0 Å². The molecule has 0 amide bonds. The molecule has 0 spiro atoms. The number of carboxylic acid groups (broad SMARTS) is 1. The number of rotatable bonds is 10. The Morgan fingerprint density at radius 1 is 0.500 bits per heavy atom. The van der Waals surface area contributed by atoms with Crippen molar-refractivity contribution >= 4 is 88.2 Å². The van der Waals surface area contributed by atoms with Gasteiger partial charge in [0.05, 0.1) is 45.0 Å². The minimum atomic E-state index is -1.46. The minimum absolute atomic E-state index is 0. The van der Waals surface area contributed by atoms with Gasteiger partial charge in [-0.15, -0.1) is 22.1 Å². The first kappa shape index (κ1) is 38.2. The van der Waals surface area contributed by atoms with Crippen molar-refractivity contribution < 1.29 is 84.2 Å². The average molecular weight is 756 g/mol.